The summed E-state index contributed by atoms with van der Waals surface area (Å²) in [6.07, 6.45) is 4.01. The first kappa shape index (κ1) is 13.1. The summed E-state index contributed by atoms with van der Waals surface area (Å²) < 4.78 is 0. The first-order chi connectivity index (χ1) is 8.65. The van der Waals surface area contributed by atoms with E-state index in [2.05, 4.69) is 10.2 Å². The lowest BCUT2D eigenvalue weighted by molar-refractivity contribution is -0.131. The van der Waals surface area contributed by atoms with Crippen LogP contribution in [0.3, 0.4) is 0 Å². The summed E-state index contributed by atoms with van der Waals surface area (Å²) in [5.41, 5.74) is 5.10. The third kappa shape index (κ3) is 3.60. The first-order valence-corrected chi connectivity index (χ1v) is 6.71. The summed E-state index contributed by atoms with van der Waals surface area (Å²) in [6.45, 7) is 4.05. The molecule has 2 fully saturated rings. The third-order valence-corrected chi connectivity index (χ3v) is 3.75. The topological polar surface area (TPSA) is 78.7 Å². The van der Waals surface area contributed by atoms with Gasteiger partial charge in [-0.05, 0) is 25.7 Å². The lowest BCUT2D eigenvalue weighted by atomic mass is 10.1. The van der Waals surface area contributed by atoms with E-state index < -0.39 is 6.03 Å². The van der Waals surface area contributed by atoms with Crippen LogP contribution in [0.1, 0.15) is 25.7 Å². The molecular formula is C12H22N4O2. The maximum atomic E-state index is 12.0. The summed E-state index contributed by atoms with van der Waals surface area (Å²) >= 11 is 0. The predicted molar refractivity (Wildman–Crippen MR) is 68.0 cm³/mol. The van der Waals surface area contributed by atoms with Crippen molar-refractivity contribution in [3.05, 3.63) is 0 Å². The van der Waals surface area contributed by atoms with Gasteiger partial charge in [0, 0.05) is 32.2 Å². The van der Waals surface area contributed by atoms with E-state index in [0.29, 0.717) is 6.54 Å². The molecule has 2 heterocycles. The Bertz CT molecular complexity index is 307. The number of carbonyl (C=O) groups is 2. The predicted octanol–water partition coefficient (Wildman–Crippen LogP) is -0.258. The molecule has 0 spiro atoms. The Morgan fingerprint density at radius 3 is 2.28 bits per heavy atom. The second-order valence-electron chi connectivity index (χ2n) is 5.15. The van der Waals surface area contributed by atoms with Crippen molar-refractivity contribution in [2.24, 2.45) is 5.73 Å². The fraction of sp³-hybridized carbons (Fsp3) is 0.833. The van der Waals surface area contributed by atoms with Crippen LogP contribution in [-0.4, -0.2) is 60.5 Å². The number of urea groups is 1. The van der Waals surface area contributed by atoms with Gasteiger partial charge in [-0.15, -0.1) is 0 Å². The van der Waals surface area contributed by atoms with Crippen molar-refractivity contribution >= 4 is 11.9 Å². The highest BCUT2D eigenvalue weighted by Crippen LogP contribution is 2.12. The number of amides is 3. The highest BCUT2D eigenvalue weighted by molar-refractivity contribution is 5.78. The molecule has 0 saturated carbocycles. The maximum Gasteiger partial charge on any atom is 0.312 e. The van der Waals surface area contributed by atoms with Gasteiger partial charge >= 0.3 is 6.03 Å². The largest absolute Gasteiger partial charge is 0.352 e. The zero-order valence-corrected chi connectivity index (χ0v) is 10.7. The SMILES string of the molecule is NC(=O)NC1CCN(CC(=O)N2CCCC2)CC1. The number of nitrogens with two attached hydrogens (primary N) is 1. The van der Waals surface area contributed by atoms with Crippen LogP contribution in [0.15, 0.2) is 0 Å². The summed E-state index contributed by atoms with van der Waals surface area (Å²) in [5.74, 6) is 0.244. The Morgan fingerprint density at radius 2 is 1.72 bits per heavy atom. The standard InChI is InChI=1S/C12H22N4O2/c13-12(18)14-10-3-7-15(8-4-10)9-11(17)16-5-1-2-6-16/h10H,1-9H2,(H3,13,14,18). The van der Waals surface area contributed by atoms with E-state index in [-0.39, 0.29) is 11.9 Å². The molecule has 0 aliphatic carbocycles. The van der Waals surface area contributed by atoms with Gasteiger partial charge in [0.1, 0.15) is 0 Å². The van der Waals surface area contributed by atoms with Gasteiger partial charge in [-0.1, -0.05) is 0 Å². The van der Waals surface area contributed by atoms with E-state index in [4.69, 9.17) is 5.73 Å². The van der Waals surface area contributed by atoms with Gasteiger partial charge in [0.2, 0.25) is 5.91 Å². The van der Waals surface area contributed by atoms with E-state index in [0.717, 1.165) is 51.9 Å². The summed E-state index contributed by atoms with van der Waals surface area (Å²) in [5, 5.41) is 2.73. The Balaban J connectivity index is 1.69. The van der Waals surface area contributed by atoms with Gasteiger partial charge in [-0.25, -0.2) is 4.79 Å². The van der Waals surface area contributed by atoms with Crippen LogP contribution in [0.2, 0.25) is 0 Å². The van der Waals surface area contributed by atoms with Crippen LogP contribution in [0.5, 0.6) is 0 Å². The third-order valence-electron chi connectivity index (χ3n) is 3.75. The molecule has 18 heavy (non-hydrogen) atoms. The van der Waals surface area contributed by atoms with Crippen molar-refractivity contribution in [3.63, 3.8) is 0 Å². The molecule has 2 rings (SSSR count). The van der Waals surface area contributed by atoms with Gasteiger partial charge < -0.3 is 16.0 Å². The molecule has 3 amide bonds. The first-order valence-electron chi connectivity index (χ1n) is 6.71. The van der Waals surface area contributed by atoms with Crippen LogP contribution in [-0.2, 0) is 4.79 Å². The molecule has 102 valence electrons. The minimum Gasteiger partial charge on any atom is -0.352 e. The summed E-state index contributed by atoms with van der Waals surface area (Å²) in [6, 6.07) is -0.290. The normalized spacial score (nSPS) is 22.1. The number of rotatable bonds is 3. The van der Waals surface area contributed by atoms with Gasteiger partial charge in [-0.2, -0.15) is 0 Å². The van der Waals surface area contributed by atoms with Crippen LogP contribution in [0.4, 0.5) is 4.79 Å². The monoisotopic (exact) mass is 254 g/mol. The molecule has 0 unspecified atom stereocenters. The minimum absolute atomic E-state index is 0.167. The zero-order valence-electron chi connectivity index (χ0n) is 10.7. The maximum absolute atomic E-state index is 12.0. The molecule has 6 nitrogen and oxygen atoms in total. The van der Waals surface area contributed by atoms with Gasteiger partial charge in [0.05, 0.1) is 6.54 Å². The van der Waals surface area contributed by atoms with Crippen molar-refractivity contribution in [2.75, 3.05) is 32.7 Å². The van der Waals surface area contributed by atoms with Crippen molar-refractivity contribution in [3.8, 4) is 0 Å². The molecule has 0 bridgehead atoms. The van der Waals surface area contributed by atoms with Gasteiger partial charge in [0.15, 0.2) is 0 Å². The summed E-state index contributed by atoms with van der Waals surface area (Å²) in [7, 11) is 0. The molecule has 0 aromatic rings. The highest BCUT2D eigenvalue weighted by atomic mass is 16.2. The number of likely N-dealkylation sites (tertiary alicyclic amines) is 2. The van der Waals surface area contributed by atoms with Crippen LogP contribution >= 0.6 is 0 Å². The van der Waals surface area contributed by atoms with E-state index in [1.165, 1.54) is 0 Å². The van der Waals surface area contributed by atoms with Gasteiger partial charge in [-0.3, -0.25) is 9.69 Å². The number of nitrogens with zero attached hydrogens (tertiary/aromatic N) is 2. The lowest BCUT2D eigenvalue weighted by Crippen LogP contribution is -2.48. The van der Waals surface area contributed by atoms with Crippen molar-refractivity contribution in [1.82, 2.24) is 15.1 Å². The number of nitrogens with one attached hydrogen (secondary N) is 1. The zero-order chi connectivity index (χ0) is 13.0. The molecule has 0 aromatic heterocycles. The Kier molecular flexibility index (Phi) is 4.41. The number of hydrogen-bond acceptors (Lipinski definition) is 3. The van der Waals surface area contributed by atoms with Crippen molar-refractivity contribution in [2.45, 2.75) is 31.7 Å². The number of carbonyl (C=O) groups excluding carboxylic acids is 2. The van der Waals surface area contributed by atoms with Crippen molar-refractivity contribution < 1.29 is 9.59 Å². The quantitative estimate of drug-likeness (QED) is 0.728. The van der Waals surface area contributed by atoms with Crippen LogP contribution in [0, 0.1) is 0 Å². The Morgan fingerprint density at radius 1 is 1.11 bits per heavy atom. The second kappa shape index (κ2) is 6.04. The Labute approximate surface area is 107 Å². The molecule has 2 aliphatic heterocycles. The van der Waals surface area contributed by atoms with Gasteiger partial charge in [0.25, 0.3) is 0 Å². The molecule has 0 radical (unpaired) electrons. The lowest BCUT2D eigenvalue weighted by Gasteiger charge is -2.32. The molecular weight excluding hydrogens is 232 g/mol. The van der Waals surface area contributed by atoms with E-state index in [1.807, 2.05) is 4.90 Å². The smallest absolute Gasteiger partial charge is 0.312 e. The van der Waals surface area contributed by atoms with Crippen LogP contribution in [0.25, 0.3) is 0 Å². The average Bonchev–Trinajstić information content (AvgIpc) is 2.84. The molecule has 6 heteroatoms. The molecule has 2 aliphatic rings. The minimum atomic E-state index is -0.457. The molecule has 0 aromatic carbocycles. The highest BCUT2D eigenvalue weighted by Gasteiger charge is 2.24. The number of piperidine rings is 1. The average molecular weight is 254 g/mol. The fourth-order valence-corrected chi connectivity index (χ4v) is 2.69. The molecule has 0 atom stereocenters. The molecule has 3 N–H and O–H groups in total. The van der Waals surface area contributed by atoms with E-state index in [1.54, 1.807) is 0 Å². The number of hydrogen-bond donors (Lipinski definition) is 2. The van der Waals surface area contributed by atoms with Crippen LogP contribution < -0.4 is 11.1 Å². The summed E-state index contributed by atoms with van der Waals surface area (Å²) in [4.78, 5) is 26.8. The Hall–Kier alpha value is -1.30. The second-order valence-corrected chi connectivity index (χ2v) is 5.15. The van der Waals surface area contributed by atoms with E-state index >= 15 is 0 Å². The van der Waals surface area contributed by atoms with E-state index in [9.17, 15) is 9.59 Å². The number of primary amides is 1. The van der Waals surface area contributed by atoms with Crippen molar-refractivity contribution in [1.29, 1.82) is 0 Å². The molecule has 2 saturated heterocycles. The fourth-order valence-electron chi connectivity index (χ4n) is 2.69.